The van der Waals surface area contributed by atoms with Crippen molar-refractivity contribution in [2.75, 3.05) is 18.4 Å². The van der Waals surface area contributed by atoms with E-state index >= 15 is 0 Å². The van der Waals surface area contributed by atoms with Crippen LogP contribution in [-0.4, -0.2) is 29.1 Å². The highest BCUT2D eigenvalue weighted by molar-refractivity contribution is 5.85. The quantitative estimate of drug-likeness (QED) is 0.879. The Kier molecular flexibility index (Phi) is 7.39. The maximum atomic E-state index is 12.4. The molecule has 1 aromatic heterocycles. The van der Waals surface area contributed by atoms with E-state index in [0.717, 1.165) is 38.2 Å². The van der Waals surface area contributed by atoms with Gasteiger partial charge in [0.1, 0.15) is 5.69 Å². The molecule has 0 spiro atoms. The normalized spacial score (nSPS) is 16.2. The van der Waals surface area contributed by atoms with Crippen molar-refractivity contribution in [1.29, 1.82) is 0 Å². The first-order valence-corrected chi connectivity index (χ1v) is 5.43. The summed E-state index contributed by atoms with van der Waals surface area (Å²) in [5, 5.41) is 6.11. The van der Waals surface area contributed by atoms with Crippen molar-refractivity contribution >= 4 is 30.8 Å². The van der Waals surface area contributed by atoms with Crippen LogP contribution in [0.1, 0.15) is 18.5 Å². The molecule has 0 atom stereocenters. The number of anilines is 1. The third-order valence-electron chi connectivity index (χ3n) is 2.62. The number of hydrogen-bond acceptors (Lipinski definition) is 4. The van der Waals surface area contributed by atoms with Gasteiger partial charge in [0.05, 0.1) is 0 Å². The van der Waals surface area contributed by atoms with Crippen molar-refractivity contribution in [2.45, 2.75) is 25.1 Å². The second kappa shape index (κ2) is 7.72. The molecule has 0 aromatic carbocycles. The molecular weight excluding hydrogens is 304 g/mol. The van der Waals surface area contributed by atoms with Gasteiger partial charge in [-0.05, 0) is 32.0 Å². The first-order chi connectivity index (χ1) is 8.05. The number of nitrogens with one attached hydrogen (secondary N) is 2. The lowest BCUT2D eigenvalue weighted by molar-refractivity contribution is -0.141. The van der Waals surface area contributed by atoms with E-state index in [1.165, 1.54) is 0 Å². The first kappa shape index (κ1) is 18.2. The Labute approximate surface area is 121 Å². The monoisotopic (exact) mass is 318 g/mol. The van der Waals surface area contributed by atoms with E-state index in [2.05, 4.69) is 20.6 Å². The van der Waals surface area contributed by atoms with Crippen LogP contribution < -0.4 is 10.6 Å². The molecule has 1 aromatic rings. The summed E-state index contributed by atoms with van der Waals surface area (Å²) in [7, 11) is 0. The molecule has 110 valence electrons. The molecule has 0 amide bonds. The van der Waals surface area contributed by atoms with Crippen LogP contribution in [-0.2, 0) is 6.18 Å². The van der Waals surface area contributed by atoms with Crippen LogP contribution in [0.4, 0.5) is 19.1 Å². The minimum atomic E-state index is -4.42. The Bertz CT molecular complexity index is 383. The molecule has 1 aliphatic heterocycles. The van der Waals surface area contributed by atoms with Crippen LogP contribution in [0.25, 0.3) is 0 Å². The molecule has 1 fully saturated rings. The van der Waals surface area contributed by atoms with Gasteiger partial charge in [0, 0.05) is 12.2 Å². The molecule has 0 aliphatic carbocycles. The van der Waals surface area contributed by atoms with E-state index in [4.69, 9.17) is 0 Å². The highest BCUT2D eigenvalue weighted by atomic mass is 35.5. The number of rotatable bonds is 2. The number of hydrogen-bond donors (Lipinski definition) is 2. The third kappa shape index (κ3) is 5.38. The Morgan fingerprint density at radius 2 is 1.84 bits per heavy atom. The second-order valence-corrected chi connectivity index (χ2v) is 3.93. The number of halogens is 5. The van der Waals surface area contributed by atoms with Gasteiger partial charge >= 0.3 is 6.18 Å². The average molecular weight is 319 g/mol. The molecule has 9 heteroatoms. The first-order valence-electron chi connectivity index (χ1n) is 5.43. The fourth-order valence-corrected chi connectivity index (χ4v) is 1.73. The molecule has 0 saturated carbocycles. The van der Waals surface area contributed by atoms with Gasteiger partial charge in [-0.25, -0.2) is 9.97 Å². The Balaban J connectivity index is 0.00000162. The summed E-state index contributed by atoms with van der Waals surface area (Å²) in [6.45, 7) is 1.72. The summed E-state index contributed by atoms with van der Waals surface area (Å²) in [4.78, 5) is 7.27. The summed E-state index contributed by atoms with van der Waals surface area (Å²) in [6.07, 6.45) is -1.58. The van der Waals surface area contributed by atoms with Crippen molar-refractivity contribution in [3.63, 3.8) is 0 Å². The highest BCUT2D eigenvalue weighted by Gasteiger charge is 2.32. The van der Waals surface area contributed by atoms with Gasteiger partial charge in [-0.2, -0.15) is 13.2 Å². The zero-order valence-electron chi connectivity index (χ0n) is 9.91. The van der Waals surface area contributed by atoms with Gasteiger partial charge in [0.15, 0.2) is 0 Å². The van der Waals surface area contributed by atoms with Crippen LogP contribution in [0, 0.1) is 0 Å². The van der Waals surface area contributed by atoms with Crippen molar-refractivity contribution in [2.24, 2.45) is 0 Å². The molecule has 2 heterocycles. The molecule has 2 rings (SSSR count). The fourth-order valence-electron chi connectivity index (χ4n) is 1.73. The number of piperidine rings is 1. The van der Waals surface area contributed by atoms with Gasteiger partial charge in [0.25, 0.3) is 0 Å². The zero-order valence-corrected chi connectivity index (χ0v) is 11.5. The van der Waals surface area contributed by atoms with Crippen molar-refractivity contribution < 1.29 is 13.2 Å². The minimum Gasteiger partial charge on any atom is -0.351 e. The molecular formula is C10H15Cl2F3N4. The summed E-state index contributed by atoms with van der Waals surface area (Å²) in [6, 6.07) is 1.01. The van der Waals surface area contributed by atoms with Gasteiger partial charge in [-0.15, -0.1) is 24.8 Å². The van der Waals surface area contributed by atoms with E-state index in [0.29, 0.717) is 0 Å². The predicted molar refractivity (Wildman–Crippen MR) is 71.0 cm³/mol. The largest absolute Gasteiger partial charge is 0.433 e. The lowest BCUT2D eigenvalue weighted by Crippen LogP contribution is -2.35. The highest BCUT2D eigenvalue weighted by Crippen LogP contribution is 2.27. The minimum absolute atomic E-state index is 0. The van der Waals surface area contributed by atoms with Crippen LogP contribution in [0.5, 0.6) is 0 Å². The third-order valence-corrected chi connectivity index (χ3v) is 2.62. The number of nitrogens with zero attached hydrogens (tertiary/aromatic N) is 2. The van der Waals surface area contributed by atoms with E-state index in [9.17, 15) is 13.2 Å². The van der Waals surface area contributed by atoms with E-state index in [1.54, 1.807) is 0 Å². The molecule has 2 N–H and O–H groups in total. The predicted octanol–water partition coefficient (Wildman–Crippen LogP) is 2.50. The van der Waals surface area contributed by atoms with Crippen LogP contribution >= 0.6 is 24.8 Å². The summed E-state index contributed by atoms with van der Waals surface area (Å²) in [5.41, 5.74) is -0.913. The smallest absolute Gasteiger partial charge is 0.351 e. The maximum Gasteiger partial charge on any atom is 0.433 e. The SMILES string of the molecule is Cl.Cl.FC(F)(F)c1ccnc(NC2CCNCC2)n1. The lowest BCUT2D eigenvalue weighted by Gasteiger charge is -2.23. The van der Waals surface area contributed by atoms with Gasteiger partial charge in [-0.3, -0.25) is 0 Å². The average Bonchev–Trinajstić information content (AvgIpc) is 2.29. The molecule has 19 heavy (non-hydrogen) atoms. The molecule has 0 bridgehead atoms. The number of aromatic nitrogens is 2. The number of alkyl halides is 3. The van der Waals surface area contributed by atoms with Gasteiger partial charge < -0.3 is 10.6 Å². The van der Waals surface area contributed by atoms with E-state index < -0.39 is 11.9 Å². The Morgan fingerprint density at radius 1 is 1.21 bits per heavy atom. The second-order valence-electron chi connectivity index (χ2n) is 3.93. The Hall–Kier alpha value is -0.790. The fraction of sp³-hybridized carbons (Fsp3) is 0.600. The molecule has 0 radical (unpaired) electrons. The van der Waals surface area contributed by atoms with E-state index in [-0.39, 0.29) is 36.8 Å². The summed E-state index contributed by atoms with van der Waals surface area (Å²) < 4.78 is 37.3. The molecule has 1 saturated heterocycles. The zero-order chi connectivity index (χ0) is 12.3. The van der Waals surface area contributed by atoms with Crippen molar-refractivity contribution in [3.05, 3.63) is 18.0 Å². The summed E-state index contributed by atoms with van der Waals surface area (Å²) in [5.74, 6) is 0.0479. The van der Waals surface area contributed by atoms with Crippen molar-refractivity contribution in [3.8, 4) is 0 Å². The molecule has 4 nitrogen and oxygen atoms in total. The Morgan fingerprint density at radius 3 is 2.42 bits per heavy atom. The lowest BCUT2D eigenvalue weighted by atomic mass is 10.1. The standard InChI is InChI=1S/C10H13F3N4.2ClH/c11-10(12,13)8-3-6-15-9(17-8)16-7-1-4-14-5-2-7;;/h3,6-7,14H,1-2,4-5H2,(H,15,16,17);2*1H. The maximum absolute atomic E-state index is 12.4. The van der Waals surface area contributed by atoms with Gasteiger partial charge in [0.2, 0.25) is 5.95 Å². The van der Waals surface area contributed by atoms with E-state index in [1.807, 2.05) is 0 Å². The molecule has 0 unspecified atom stereocenters. The topological polar surface area (TPSA) is 49.8 Å². The van der Waals surface area contributed by atoms with Crippen LogP contribution in [0.15, 0.2) is 12.3 Å². The van der Waals surface area contributed by atoms with Crippen LogP contribution in [0.3, 0.4) is 0 Å². The van der Waals surface area contributed by atoms with Crippen molar-refractivity contribution in [1.82, 2.24) is 15.3 Å². The van der Waals surface area contributed by atoms with Crippen LogP contribution in [0.2, 0.25) is 0 Å². The molecule has 1 aliphatic rings. The summed E-state index contributed by atoms with van der Waals surface area (Å²) >= 11 is 0. The van der Waals surface area contributed by atoms with Gasteiger partial charge in [-0.1, -0.05) is 0 Å².